The summed E-state index contributed by atoms with van der Waals surface area (Å²) in [5.74, 6) is -0.364. The first kappa shape index (κ1) is 26.0. The number of amides is 2. The highest BCUT2D eigenvalue weighted by Crippen LogP contribution is 2.28. The molecule has 1 atom stereocenters. The summed E-state index contributed by atoms with van der Waals surface area (Å²) in [5, 5.41) is 2.88. The molecule has 3 aromatic carbocycles. The molecule has 0 aromatic heterocycles. The Morgan fingerprint density at radius 2 is 1.57 bits per heavy atom. The molecular formula is C29H35N3O3. The lowest BCUT2D eigenvalue weighted by atomic mass is 9.94. The van der Waals surface area contributed by atoms with Crippen LogP contribution in [0.5, 0.6) is 0 Å². The van der Waals surface area contributed by atoms with E-state index in [-0.39, 0.29) is 24.3 Å². The number of carbonyl (C=O) groups excluding carboxylic acids is 2. The van der Waals surface area contributed by atoms with Crippen molar-refractivity contribution in [2.45, 2.75) is 32.4 Å². The predicted molar refractivity (Wildman–Crippen MR) is 141 cm³/mol. The second-order valence-corrected chi connectivity index (χ2v) is 8.77. The van der Waals surface area contributed by atoms with Gasteiger partial charge in [0.05, 0.1) is 5.92 Å². The van der Waals surface area contributed by atoms with Crippen molar-refractivity contribution >= 4 is 23.2 Å². The van der Waals surface area contributed by atoms with E-state index in [2.05, 4.69) is 5.32 Å². The normalized spacial score (nSPS) is 11.5. The molecule has 35 heavy (non-hydrogen) atoms. The van der Waals surface area contributed by atoms with E-state index >= 15 is 0 Å². The fourth-order valence-electron chi connectivity index (χ4n) is 4.23. The minimum absolute atomic E-state index is 0.0152. The van der Waals surface area contributed by atoms with Crippen molar-refractivity contribution in [1.29, 1.82) is 0 Å². The van der Waals surface area contributed by atoms with Crippen LogP contribution in [0.25, 0.3) is 0 Å². The number of benzene rings is 3. The van der Waals surface area contributed by atoms with Crippen LogP contribution in [0.1, 0.15) is 36.0 Å². The van der Waals surface area contributed by atoms with Gasteiger partial charge in [0.15, 0.2) is 0 Å². The van der Waals surface area contributed by atoms with E-state index in [9.17, 15) is 9.59 Å². The lowest BCUT2D eigenvalue weighted by Crippen LogP contribution is -2.34. The van der Waals surface area contributed by atoms with Crippen molar-refractivity contribution in [2.24, 2.45) is 0 Å². The first-order chi connectivity index (χ1) is 16.9. The molecule has 0 saturated carbocycles. The molecule has 0 bridgehead atoms. The summed E-state index contributed by atoms with van der Waals surface area (Å²) < 4.78 is 4.94. The molecular weight excluding hydrogens is 438 g/mol. The van der Waals surface area contributed by atoms with Crippen LogP contribution in [-0.2, 0) is 27.4 Å². The van der Waals surface area contributed by atoms with Crippen molar-refractivity contribution in [1.82, 2.24) is 4.90 Å². The third-order valence-electron chi connectivity index (χ3n) is 5.92. The first-order valence-corrected chi connectivity index (χ1v) is 11.9. The zero-order valence-electron chi connectivity index (χ0n) is 21.0. The maximum absolute atomic E-state index is 13.9. The zero-order valence-corrected chi connectivity index (χ0v) is 21.0. The Balaban J connectivity index is 1.97. The molecule has 2 amide bonds. The number of ether oxygens (including phenoxy) is 1. The molecule has 1 N–H and O–H groups in total. The number of carbonyl (C=O) groups is 2. The number of anilines is 2. The Morgan fingerprint density at radius 3 is 2.17 bits per heavy atom. The largest absolute Gasteiger partial charge is 0.377 e. The SMILES string of the molecule is CC[C@@H](C(=O)N(Cc1ccccc1)Cc1cc(NC(=O)COC)ccc1N(C)C)c1ccccc1. The molecule has 0 heterocycles. The molecule has 0 unspecified atom stereocenters. The molecule has 0 aliphatic heterocycles. The average molecular weight is 474 g/mol. The van der Waals surface area contributed by atoms with Crippen molar-refractivity contribution in [2.75, 3.05) is 38.0 Å². The second-order valence-electron chi connectivity index (χ2n) is 8.77. The fraction of sp³-hybridized carbons (Fsp3) is 0.310. The quantitative estimate of drug-likeness (QED) is 0.423. The van der Waals surface area contributed by atoms with E-state index in [1.165, 1.54) is 7.11 Å². The van der Waals surface area contributed by atoms with Crippen molar-refractivity contribution < 1.29 is 14.3 Å². The highest BCUT2D eigenvalue weighted by Gasteiger charge is 2.26. The zero-order chi connectivity index (χ0) is 25.2. The number of rotatable bonds is 11. The van der Waals surface area contributed by atoms with Gasteiger partial charge in [0.1, 0.15) is 6.61 Å². The number of hydrogen-bond acceptors (Lipinski definition) is 4. The molecule has 0 fully saturated rings. The van der Waals surface area contributed by atoms with Crippen molar-refractivity contribution in [3.63, 3.8) is 0 Å². The smallest absolute Gasteiger partial charge is 0.250 e. The van der Waals surface area contributed by atoms with E-state index in [1.54, 1.807) is 0 Å². The topological polar surface area (TPSA) is 61.9 Å². The highest BCUT2D eigenvalue weighted by molar-refractivity contribution is 5.92. The fourth-order valence-corrected chi connectivity index (χ4v) is 4.23. The lowest BCUT2D eigenvalue weighted by molar-refractivity contribution is -0.134. The van der Waals surface area contributed by atoms with Gasteiger partial charge in [-0.3, -0.25) is 9.59 Å². The number of nitrogens with one attached hydrogen (secondary N) is 1. The van der Waals surface area contributed by atoms with Gasteiger partial charge < -0.3 is 19.9 Å². The molecule has 0 spiro atoms. The molecule has 6 heteroatoms. The van der Waals surface area contributed by atoms with Crippen LogP contribution in [0.15, 0.2) is 78.9 Å². The summed E-state index contributed by atoms with van der Waals surface area (Å²) in [4.78, 5) is 30.0. The van der Waals surface area contributed by atoms with Crippen LogP contribution >= 0.6 is 0 Å². The standard InChI is InChI=1S/C29H35N3O3/c1-5-26(23-14-10-7-11-15-23)29(34)32(19-22-12-8-6-9-13-22)20-24-18-25(30-28(33)21-35-4)16-17-27(24)31(2)3/h6-18,26H,5,19-21H2,1-4H3,(H,30,33)/t26-/m1/s1. The van der Waals surface area contributed by atoms with Crippen LogP contribution in [0.2, 0.25) is 0 Å². The Kier molecular flexibility index (Phi) is 9.44. The summed E-state index contributed by atoms with van der Waals surface area (Å²) in [6, 6.07) is 25.8. The number of hydrogen-bond donors (Lipinski definition) is 1. The van der Waals surface area contributed by atoms with Gasteiger partial charge in [0.2, 0.25) is 11.8 Å². The molecule has 0 saturated heterocycles. The van der Waals surface area contributed by atoms with E-state index in [0.717, 1.165) is 22.4 Å². The van der Waals surface area contributed by atoms with Gasteiger partial charge in [-0.2, -0.15) is 0 Å². The minimum atomic E-state index is -0.229. The third-order valence-corrected chi connectivity index (χ3v) is 5.92. The van der Waals surface area contributed by atoms with Gasteiger partial charge in [-0.25, -0.2) is 0 Å². The third kappa shape index (κ3) is 7.17. The number of methoxy groups -OCH3 is 1. The summed E-state index contributed by atoms with van der Waals surface area (Å²) in [7, 11) is 5.44. The molecule has 0 aliphatic carbocycles. The van der Waals surface area contributed by atoms with Crippen LogP contribution in [-0.4, -0.2) is 44.5 Å². The monoisotopic (exact) mass is 473 g/mol. The highest BCUT2D eigenvalue weighted by atomic mass is 16.5. The Morgan fingerprint density at radius 1 is 0.914 bits per heavy atom. The van der Waals surface area contributed by atoms with Gasteiger partial charge in [-0.05, 0) is 41.3 Å². The molecule has 6 nitrogen and oxygen atoms in total. The maximum Gasteiger partial charge on any atom is 0.250 e. The van der Waals surface area contributed by atoms with Crippen LogP contribution in [0.3, 0.4) is 0 Å². The summed E-state index contributed by atoms with van der Waals surface area (Å²) in [6.07, 6.45) is 0.710. The van der Waals surface area contributed by atoms with Crippen molar-refractivity contribution in [3.05, 3.63) is 95.6 Å². The van der Waals surface area contributed by atoms with E-state index in [1.807, 2.05) is 110 Å². The van der Waals surface area contributed by atoms with Crippen molar-refractivity contribution in [3.8, 4) is 0 Å². The summed E-state index contributed by atoms with van der Waals surface area (Å²) in [5.41, 5.74) is 4.71. The van der Waals surface area contributed by atoms with Gasteiger partial charge in [0.25, 0.3) is 0 Å². The number of nitrogens with zero attached hydrogens (tertiary/aromatic N) is 2. The Bertz CT molecular complexity index is 1100. The van der Waals surface area contributed by atoms with E-state index in [4.69, 9.17) is 4.74 Å². The van der Waals surface area contributed by atoms with Crippen LogP contribution in [0, 0.1) is 0 Å². The van der Waals surface area contributed by atoms with E-state index in [0.29, 0.717) is 25.2 Å². The molecule has 3 rings (SSSR count). The minimum Gasteiger partial charge on any atom is -0.377 e. The van der Waals surface area contributed by atoms with Gasteiger partial charge >= 0.3 is 0 Å². The first-order valence-electron chi connectivity index (χ1n) is 11.9. The van der Waals surface area contributed by atoms with Crippen LogP contribution < -0.4 is 10.2 Å². The Labute approximate surface area is 208 Å². The van der Waals surface area contributed by atoms with E-state index < -0.39 is 0 Å². The van der Waals surface area contributed by atoms with Gasteiger partial charge in [-0.15, -0.1) is 0 Å². The summed E-state index contributed by atoms with van der Waals surface area (Å²) in [6.45, 7) is 2.95. The van der Waals surface area contributed by atoms with Crippen LogP contribution in [0.4, 0.5) is 11.4 Å². The predicted octanol–water partition coefficient (Wildman–Crippen LogP) is 5.06. The molecule has 0 radical (unpaired) electrons. The molecule has 0 aliphatic rings. The van der Waals surface area contributed by atoms with Gasteiger partial charge in [-0.1, -0.05) is 67.6 Å². The average Bonchev–Trinajstić information content (AvgIpc) is 2.85. The lowest BCUT2D eigenvalue weighted by Gasteiger charge is -2.29. The van der Waals surface area contributed by atoms with Gasteiger partial charge in [0, 0.05) is 45.7 Å². The molecule has 184 valence electrons. The molecule has 3 aromatic rings. The maximum atomic E-state index is 13.9. The summed E-state index contributed by atoms with van der Waals surface area (Å²) >= 11 is 0. The Hall–Kier alpha value is -3.64. The second kappa shape index (κ2) is 12.7.